The van der Waals surface area contributed by atoms with Gasteiger partial charge in [-0.25, -0.2) is 0 Å². The third kappa shape index (κ3) is 2.92. The molecule has 2 heterocycles. The summed E-state index contributed by atoms with van der Waals surface area (Å²) in [7, 11) is 0. The van der Waals surface area contributed by atoms with E-state index < -0.39 is 0 Å². The number of nitrogens with zero attached hydrogens (tertiary/aromatic N) is 1. The lowest BCUT2D eigenvalue weighted by Crippen LogP contribution is -2.51. The third-order valence-corrected chi connectivity index (χ3v) is 3.73. The van der Waals surface area contributed by atoms with E-state index in [0.717, 1.165) is 32.7 Å². The first-order valence-electron chi connectivity index (χ1n) is 6.41. The zero-order chi connectivity index (χ0) is 10.6. The van der Waals surface area contributed by atoms with Crippen LogP contribution in [0.25, 0.3) is 0 Å². The van der Waals surface area contributed by atoms with E-state index in [4.69, 9.17) is 10.5 Å². The quantitative estimate of drug-likeness (QED) is 0.768. The molecular formula is C12H24N2O. The highest BCUT2D eigenvalue weighted by Crippen LogP contribution is 2.33. The van der Waals surface area contributed by atoms with Gasteiger partial charge in [-0.1, -0.05) is 0 Å². The summed E-state index contributed by atoms with van der Waals surface area (Å²) in [5.41, 5.74) is 5.77. The van der Waals surface area contributed by atoms with E-state index in [-0.39, 0.29) is 5.60 Å². The average Bonchev–Trinajstić information content (AvgIpc) is 2.28. The summed E-state index contributed by atoms with van der Waals surface area (Å²) >= 11 is 0. The first-order chi connectivity index (χ1) is 7.35. The molecule has 1 spiro atoms. The maximum Gasteiger partial charge on any atom is 0.0809 e. The zero-order valence-electron chi connectivity index (χ0n) is 9.71. The third-order valence-electron chi connectivity index (χ3n) is 3.73. The highest BCUT2D eigenvalue weighted by molar-refractivity contribution is 4.90. The summed E-state index contributed by atoms with van der Waals surface area (Å²) in [5, 5.41) is 0. The number of piperidine rings is 1. The van der Waals surface area contributed by atoms with Crippen LogP contribution in [0, 0.1) is 0 Å². The Morgan fingerprint density at radius 3 is 2.80 bits per heavy atom. The summed E-state index contributed by atoms with van der Waals surface area (Å²) in [4.78, 5) is 2.54. The van der Waals surface area contributed by atoms with Gasteiger partial charge in [0, 0.05) is 13.2 Å². The van der Waals surface area contributed by atoms with Gasteiger partial charge >= 0.3 is 0 Å². The molecule has 2 aliphatic rings. The van der Waals surface area contributed by atoms with Crippen molar-refractivity contribution in [2.24, 2.45) is 5.73 Å². The van der Waals surface area contributed by atoms with Gasteiger partial charge in [-0.15, -0.1) is 0 Å². The largest absolute Gasteiger partial charge is 0.374 e. The fourth-order valence-electron chi connectivity index (χ4n) is 2.93. The van der Waals surface area contributed by atoms with Crippen LogP contribution in [0.3, 0.4) is 0 Å². The highest BCUT2D eigenvalue weighted by atomic mass is 16.5. The van der Waals surface area contributed by atoms with Gasteiger partial charge in [0.1, 0.15) is 0 Å². The zero-order valence-corrected chi connectivity index (χ0v) is 9.71. The van der Waals surface area contributed by atoms with E-state index in [1.54, 1.807) is 0 Å². The molecule has 0 radical (unpaired) electrons. The second-order valence-corrected chi connectivity index (χ2v) is 5.01. The predicted octanol–water partition coefficient (Wildman–Crippen LogP) is 1.37. The van der Waals surface area contributed by atoms with Crippen LogP contribution in [0.1, 0.15) is 38.5 Å². The van der Waals surface area contributed by atoms with Gasteiger partial charge in [-0.2, -0.15) is 0 Å². The first-order valence-corrected chi connectivity index (χ1v) is 6.41. The molecule has 3 heteroatoms. The van der Waals surface area contributed by atoms with Gasteiger partial charge < -0.3 is 15.4 Å². The van der Waals surface area contributed by atoms with Gasteiger partial charge in [0.05, 0.1) is 5.60 Å². The van der Waals surface area contributed by atoms with Crippen molar-refractivity contribution in [1.82, 2.24) is 4.90 Å². The lowest BCUT2D eigenvalue weighted by Gasteiger charge is -2.45. The Labute approximate surface area is 93.0 Å². The monoisotopic (exact) mass is 212 g/mol. The molecule has 3 nitrogen and oxygen atoms in total. The van der Waals surface area contributed by atoms with E-state index in [1.807, 2.05) is 0 Å². The minimum absolute atomic E-state index is 0.213. The number of hydrogen-bond acceptors (Lipinski definition) is 3. The fraction of sp³-hybridized carbons (Fsp3) is 1.00. The molecule has 2 N–H and O–H groups in total. The van der Waals surface area contributed by atoms with Crippen molar-refractivity contribution in [3.8, 4) is 0 Å². The van der Waals surface area contributed by atoms with Gasteiger partial charge in [-0.3, -0.25) is 0 Å². The van der Waals surface area contributed by atoms with E-state index >= 15 is 0 Å². The molecule has 1 atom stereocenters. The van der Waals surface area contributed by atoms with Gasteiger partial charge in [0.25, 0.3) is 0 Å². The van der Waals surface area contributed by atoms with Crippen molar-refractivity contribution >= 4 is 0 Å². The van der Waals surface area contributed by atoms with Crippen molar-refractivity contribution < 1.29 is 4.74 Å². The highest BCUT2D eigenvalue weighted by Gasteiger charge is 2.37. The summed E-state index contributed by atoms with van der Waals surface area (Å²) in [6.45, 7) is 5.33. The number of likely N-dealkylation sites (tertiary alicyclic amines) is 1. The van der Waals surface area contributed by atoms with E-state index in [0.29, 0.717) is 0 Å². The van der Waals surface area contributed by atoms with Gasteiger partial charge in [0.2, 0.25) is 0 Å². The molecule has 0 aromatic rings. The van der Waals surface area contributed by atoms with Crippen molar-refractivity contribution in [1.29, 1.82) is 0 Å². The van der Waals surface area contributed by atoms with Crippen LogP contribution in [0.5, 0.6) is 0 Å². The van der Waals surface area contributed by atoms with Crippen LogP contribution in [-0.2, 0) is 4.74 Å². The van der Waals surface area contributed by atoms with Gasteiger partial charge in [-0.05, 0) is 58.2 Å². The number of rotatable bonds is 3. The normalized spacial score (nSPS) is 33.4. The second-order valence-electron chi connectivity index (χ2n) is 5.01. The molecule has 2 fully saturated rings. The molecular weight excluding hydrogens is 188 g/mol. The number of hydrogen-bond donors (Lipinski definition) is 1. The van der Waals surface area contributed by atoms with Crippen molar-refractivity contribution in [2.75, 3.05) is 32.8 Å². The lowest BCUT2D eigenvalue weighted by atomic mass is 9.86. The SMILES string of the molecule is NCCCN1CCC[C@]2(CCCCO2)C1. The summed E-state index contributed by atoms with van der Waals surface area (Å²) < 4.78 is 6.04. The molecule has 0 aromatic heterocycles. The molecule has 0 aliphatic carbocycles. The number of ether oxygens (including phenoxy) is 1. The summed E-state index contributed by atoms with van der Waals surface area (Å²) in [6.07, 6.45) is 7.56. The Kier molecular flexibility index (Phi) is 4.00. The molecule has 0 bridgehead atoms. The molecule has 0 aromatic carbocycles. The molecule has 2 aliphatic heterocycles. The topological polar surface area (TPSA) is 38.5 Å². The van der Waals surface area contributed by atoms with Crippen LogP contribution in [0.2, 0.25) is 0 Å². The Morgan fingerprint density at radius 2 is 2.07 bits per heavy atom. The minimum atomic E-state index is 0.213. The molecule has 88 valence electrons. The molecule has 15 heavy (non-hydrogen) atoms. The molecule has 2 saturated heterocycles. The minimum Gasteiger partial charge on any atom is -0.374 e. The van der Waals surface area contributed by atoms with E-state index in [2.05, 4.69) is 4.90 Å². The number of nitrogens with two attached hydrogens (primary N) is 1. The van der Waals surface area contributed by atoms with Crippen LogP contribution in [-0.4, -0.2) is 43.3 Å². The van der Waals surface area contributed by atoms with Crippen LogP contribution in [0.4, 0.5) is 0 Å². The Hall–Kier alpha value is -0.120. The lowest BCUT2D eigenvalue weighted by molar-refractivity contribution is -0.116. The van der Waals surface area contributed by atoms with E-state index in [9.17, 15) is 0 Å². The smallest absolute Gasteiger partial charge is 0.0809 e. The Bertz CT molecular complexity index is 185. The maximum absolute atomic E-state index is 6.04. The van der Waals surface area contributed by atoms with E-state index in [1.165, 1.54) is 38.6 Å². The molecule has 0 saturated carbocycles. The average molecular weight is 212 g/mol. The predicted molar refractivity (Wildman–Crippen MR) is 61.9 cm³/mol. The van der Waals surface area contributed by atoms with Crippen molar-refractivity contribution in [3.63, 3.8) is 0 Å². The van der Waals surface area contributed by atoms with Gasteiger partial charge in [0.15, 0.2) is 0 Å². The Balaban J connectivity index is 1.85. The van der Waals surface area contributed by atoms with Crippen molar-refractivity contribution in [2.45, 2.75) is 44.1 Å². The standard InChI is InChI=1S/C12H24N2O/c13-7-4-9-14-8-3-6-12(11-14)5-1-2-10-15-12/h1-11,13H2/t12-/m1/s1. The first kappa shape index (κ1) is 11.4. The maximum atomic E-state index is 6.04. The van der Waals surface area contributed by atoms with Crippen LogP contribution in [0.15, 0.2) is 0 Å². The van der Waals surface area contributed by atoms with Crippen molar-refractivity contribution in [3.05, 3.63) is 0 Å². The summed E-state index contributed by atoms with van der Waals surface area (Å²) in [5.74, 6) is 0. The Morgan fingerprint density at radius 1 is 1.20 bits per heavy atom. The second kappa shape index (κ2) is 5.28. The fourth-order valence-corrected chi connectivity index (χ4v) is 2.93. The molecule has 0 unspecified atom stereocenters. The summed E-state index contributed by atoms with van der Waals surface area (Å²) in [6, 6.07) is 0. The molecule has 2 rings (SSSR count). The molecule has 0 amide bonds. The van der Waals surface area contributed by atoms with Crippen LogP contribution < -0.4 is 5.73 Å². The van der Waals surface area contributed by atoms with Crippen LogP contribution >= 0.6 is 0 Å².